The predicted molar refractivity (Wildman–Crippen MR) is 65.9 cm³/mol. The third kappa shape index (κ3) is 4.06. The van der Waals surface area contributed by atoms with Crippen molar-refractivity contribution in [3.63, 3.8) is 0 Å². The van der Waals surface area contributed by atoms with E-state index < -0.39 is 11.8 Å². The lowest BCUT2D eigenvalue weighted by Crippen LogP contribution is -2.18. The minimum atomic E-state index is -1.12. The van der Waals surface area contributed by atoms with Crippen LogP contribution in [-0.2, 0) is 0 Å². The zero-order valence-corrected chi connectivity index (χ0v) is 10.3. The fraction of sp³-hybridized carbons (Fsp3) is 0.462. The van der Waals surface area contributed by atoms with E-state index in [1.54, 1.807) is 0 Å². The van der Waals surface area contributed by atoms with Gasteiger partial charge in [-0.2, -0.15) is 0 Å². The Morgan fingerprint density at radius 2 is 2.06 bits per heavy atom. The average Bonchev–Trinajstić information content (AvgIpc) is 2.19. The Morgan fingerprint density at radius 1 is 1.41 bits per heavy atom. The van der Waals surface area contributed by atoms with Gasteiger partial charge in [0.2, 0.25) is 0 Å². The molecule has 0 saturated heterocycles. The Bertz CT molecular complexity index is 404. The first kappa shape index (κ1) is 13.5. The van der Waals surface area contributed by atoms with Crippen LogP contribution in [0, 0.1) is 11.7 Å². The van der Waals surface area contributed by atoms with Crippen molar-refractivity contribution < 1.29 is 14.3 Å². The Labute approximate surface area is 101 Å². The normalized spacial score (nSPS) is 12.5. The first-order valence-corrected chi connectivity index (χ1v) is 5.69. The van der Waals surface area contributed by atoms with Crippen LogP contribution in [0.25, 0.3) is 0 Å². The summed E-state index contributed by atoms with van der Waals surface area (Å²) in [5.41, 5.74) is 0.313. The Kier molecular flexibility index (Phi) is 4.49. The molecule has 1 unspecified atom stereocenters. The van der Waals surface area contributed by atoms with E-state index in [0.29, 0.717) is 11.6 Å². The third-order valence-corrected chi connectivity index (χ3v) is 2.44. The van der Waals surface area contributed by atoms with Crippen LogP contribution in [0.15, 0.2) is 18.2 Å². The van der Waals surface area contributed by atoms with E-state index >= 15 is 0 Å². The van der Waals surface area contributed by atoms with Gasteiger partial charge < -0.3 is 10.4 Å². The van der Waals surface area contributed by atoms with E-state index in [4.69, 9.17) is 5.11 Å². The van der Waals surface area contributed by atoms with Gasteiger partial charge in [0, 0.05) is 6.04 Å². The Balaban J connectivity index is 2.75. The molecule has 0 aliphatic carbocycles. The zero-order valence-electron chi connectivity index (χ0n) is 10.3. The van der Waals surface area contributed by atoms with Gasteiger partial charge in [-0.25, -0.2) is 9.18 Å². The van der Waals surface area contributed by atoms with Gasteiger partial charge in [-0.1, -0.05) is 13.8 Å². The molecule has 0 aliphatic heterocycles. The third-order valence-electron chi connectivity index (χ3n) is 2.44. The molecule has 0 heterocycles. The van der Waals surface area contributed by atoms with E-state index in [1.165, 1.54) is 12.1 Å². The second kappa shape index (κ2) is 5.66. The van der Waals surface area contributed by atoms with E-state index in [2.05, 4.69) is 19.2 Å². The maximum atomic E-state index is 13.6. The van der Waals surface area contributed by atoms with E-state index in [1.807, 2.05) is 6.92 Å². The summed E-state index contributed by atoms with van der Waals surface area (Å²) in [5, 5.41) is 11.8. The van der Waals surface area contributed by atoms with Crippen molar-refractivity contribution in [1.82, 2.24) is 0 Å². The van der Waals surface area contributed by atoms with Gasteiger partial charge in [0.05, 0.1) is 11.3 Å². The van der Waals surface area contributed by atoms with Crippen molar-refractivity contribution >= 4 is 11.7 Å². The molecule has 17 heavy (non-hydrogen) atoms. The molecule has 0 bridgehead atoms. The molecular formula is C13H18FNO2. The maximum absolute atomic E-state index is 13.6. The number of benzene rings is 1. The van der Waals surface area contributed by atoms with Gasteiger partial charge in [-0.05, 0) is 37.5 Å². The molecule has 0 aliphatic rings. The van der Waals surface area contributed by atoms with Gasteiger partial charge in [0.1, 0.15) is 5.82 Å². The summed E-state index contributed by atoms with van der Waals surface area (Å²) in [5.74, 6) is -1.12. The summed E-state index contributed by atoms with van der Waals surface area (Å²) in [6, 6.07) is 4.05. The summed E-state index contributed by atoms with van der Waals surface area (Å²) < 4.78 is 13.6. The van der Waals surface area contributed by atoms with Crippen LogP contribution in [0.2, 0.25) is 0 Å². The van der Waals surface area contributed by atoms with Gasteiger partial charge in [-0.15, -0.1) is 0 Å². The van der Waals surface area contributed by atoms with Gasteiger partial charge in [0.15, 0.2) is 0 Å². The molecule has 94 valence electrons. The minimum absolute atomic E-state index is 0.0374. The highest BCUT2D eigenvalue weighted by molar-refractivity contribution is 5.88. The van der Waals surface area contributed by atoms with Gasteiger partial charge in [-0.3, -0.25) is 0 Å². The fourth-order valence-corrected chi connectivity index (χ4v) is 1.80. The van der Waals surface area contributed by atoms with Gasteiger partial charge >= 0.3 is 5.97 Å². The lowest BCUT2D eigenvalue weighted by Gasteiger charge is -2.17. The van der Waals surface area contributed by atoms with Crippen LogP contribution in [-0.4, -0.2) is 17.1 Å². The second-order valence-electron chi connectivity index (χ2n) is 4.67. The smallest absolute Gasteiger partial charge is 0.335 e. The van der Waals surface area contributed by atoms with E-state index in [9.17, 15) is 9.18 Å². The Morgan fingerprint density at radius 3 is 2.53 bits per heavy atom. The van der Waals surface area contributed by atoms with Crippen LogP contribution >= 0.6 is 0 Å². The molecule has 0 amide bonds. The monoisotopic (exact) mass is 239 g/mol. The first-order chi connectivity index (χ1) is 7.90. The highest BCUT2D eigenvalue weighted by Crippen LogP contribution is 2.18. The van der Waals surface area contributed by atoms with Crippen molar-refractivity contribution in [2.75, 3.05) is 5.32 Å². The number of carbonyl (C=O) groups is 1. The molecule has 0 fully saturated rings. The molecule has 3 nitrogen and oxygen atoms in total. The number of halogens is 1. The van der Waals surface area contributed by atoms with Crippen molar-refractivity contribution in [2.45, 2.75) is 33.2 Å². The quantitative estimate of drug-likeness (QED) is 0.828. The van der Waals surface area contributed by atoms with Crippen LogP contribution in [0.5, 0.6) is 0 Å². The molecule has 0 spiro atoms. The van der Waals surface area contributed by atoms with Crippen LogP contribution in [0.1, 0.15) is 37.6 Å². The lowest BCUT2D eigenvalue weighted by molar-refractivity contribution is 0.0696. The molecule has 0 saturated carbocycles. The summed E-state index contributed by atoms with van der Waals surface area (Å²) in [4.78, 5) is 10.6. The maximum Gasteiger partial charge on any atom is 0.335 e. The largest absolute Gasteiger partial charge is 0.478 e. The Hall–Kier alpha value is -1.58. The topological polar surface area (TPSA) is 49.3 Å². The summed E-state index contributed by atoms with van der Waals surface area (Å²) in [7, 11) is 0. The van der Waals surface area contributed by atoms with Crippen LogP contribution in [0.4, 0.5) is 10.1 Å². The summed E-state index contributed by atoms with van der Waals surface area (Å²) in [6.45, 7) is 6.18. The van der Waals surface area contributed by atoms with Crippen molar-refractivity contribution in [3.8, 4) is 0 Å². The fourth-order valence-electron chi connectivity index (χ4n) is 1.80. The van der Waals surface area contributed by atoms with Crippen LogP contribution in [0.3, 0.4) is 0 Å². The highest BCUT2D eigenvalue weighted by Gasteiger charge is 2.11. The zero-order chi connectivity index (χ0) is 13.0. The number of carboxylic acid groups (broad SMARTS) is 1. The number of aromatic carboxylic acids is 1. The molecule has 1 atom stereocenters. The SMILES string of the molecule is CC(C)CC(C)Nc1ccc(C(=O)O)cc1F. The van der Waals surface area contributed by atoms with Crippen molar-refractivity contribution in [1.29, 1.82) is 0 Å². The molecule has 1 aromatic carbocycles. The number of anilines is 1. The molecule has 0 aromatic heterocycles. The van der Waals surface area contributed by atoms with E-state index in [-0.39, 0.29) is 11.6 Å². The van der Waals surface area contributed by atoms with E-state index in [0.717, 1.165) is 12.5 Å². The first-order valence-electron chi connectivity index (χ1n) is 5.69. The second-order valence-corrected chi connectivity index (χ2v) is 4.67. The lowest BCUT2D eigenvalue weighted by atomic mass is 10.0. The average molecular weight is 239 g/mol. The number of carboxylic acids is 1. The standard InChI is InChI=1S/C13H18FNO2/c1-8(2)6-9(3)15-12-5-4-10(13(16)17)7-11(12)14/h4-5,7-9,15H,6H2,1-3H3,(H,16,17). The number of nitrogens with one attached hydrogen (secondary N) is 1. The van der Waals surface area contributed by atoms with Crippen LogP contribution < -0.4 is 5.32 Å². The molecule has 1 aromatic rings. The number of hydrogen-bond donors (Lipinski definition) is 2. The number of hydrogen-bond acceptors (Lipinski definition) is 2. The highest BCUT2D eigenvalue weighted by atomic mass is 19.1. The van der Waals surface area contributed by atoms with Crippen molar-refractivity contribution in [3.05, 3.63) is 29.6 Å². The number of rotatable bonds is 5. The molecule has 4 heteroatoms. The molecule has 2 N–H and O–H groups in total. The summed E-state index contributed by atoms with van der Waals surface area (Å²) in [6.07, 6.45) is 0.931. The van der Waals surface area contributed by atoms with Gasteiger partial charge in [0.25, 0.3) is 0 Å². The minimum Gasteiger partial charge on any atom is -0.478 e. The molecule has 1 rings (SSSR count). The molecule has 0 radical (unpaired) electrons. The van der Waals surface area contributed by atoms with Crippen molar-refractivity contribution in [2.24, 2.45) is 5.92 Å². The molecular weight excluding hydrogens is 221 g/mol. The predicted octanol–water partition coefficient (Wildman–Crippen LogP) is 3.37. The summed E-state index contributed by atoms with van der Waals surface area (Å²) >= 11 is 0.